The molecule has 2 N–H and O–H groups in total. The largest absolute Gasteiger partial charge is 0.416 e. The van der Waals surface area contributed by atoms with Crippen molar-refractivity contribution in [2.75, 3.05) is 13.1 Å². The Hall–Kier alpha value is -1.76. The average Bonchev–Trinajstić information content (AvgIpc) is 2.46. The van der Waals surface area contributed by atoms with Gasteiger partial charge in [-0.05, 0) is 37.8 Å². The Kier molecular flexibility index (Phi) is 5.51. The van der Waals surface area contributed by atoms with Crippen molar-refractivity contribution in [3.05, 3.63) is 35.4 Å². The van der Waals surface area contributed by atoms with Crippen LogP contribution in [0.5, 0.6) is 0 Å². The molecule has 7 heteroatoms. The van der Waals surface area contributed by atoms with Crippen molar-refractivity contribution in [1.29, 1.82) is 0 Å². The molecule has 2 amide bonds. The molecular formula is C16H21F3N2O2. The van der Waals surface area contributed by atoms with Crippen LogP contribution in [0.15, 0.2) is 24.3 Å². The highest BCUT2D eigenvalue weighted by Gasteiger charge is 2.33. The molecule has 0 bridgehead atoms. The minimum absolute atomic E-state index is 0.0951. The van der Waals surface area contributed by atoms with Gasteiger partial charge in [-0.3, -0.25) is 0 Å². The number of piperidine rings is 1. The number of amides is 2. The molecule has 2 atom stereocenters. The molecule has 1 aliphatic rings. The minimum atomic E-state index is -4.41. The van der Waals surface area contributed by atoms with Crippen LogP contribution in [-0.4, -0.2) is 41.3 Å². The zero-order valence-electron chi connectivity index (χ0n) is 12.9. The summed E-state index contributed by atoms with van der Waals surface area (Å²) in [5, 5.41) is 12.3. The predicted molar refractivity (Wildman–Crippen MR) is 80.0 cm³/mol. The van der Waals surface area contributed by atoms with E-state index in [0.717, 1.165) is 12.5 Å². The van der Waals surface area contributed by atoms with Gasteiger partial charge < -0.3 is 15.3 Å². The molecule has 1 fully saturated rings. The summed E-state index contributed by atoms with van der Waals surface area (Å²) in [5.74, 6) is 0. The second kappa shape index (κ2) is 7.21. The van der Waals surface area contributed by atoms with Crippen molar-refractivity contribution >= 4 is 6.03 Å². The number of halogens is 3. The summed E-state index contributed by atoms with van der Waals surface area (Å²) in [6.07, 6.45) is -3.46. The highest BCUT2D eigenvalue weighted by molar-refractivity contribution is 5.74. The van der Waals surface area contributed by atoms with Crippen molar-refractivity contribution in [3.8, 4) is 0 Å². The molecule has 0 unspecified atom stereocenters. The SMILES string of the molecule is C[C@@H](Cc1ccccc1C(F)(F)F)NC(=O)N1CCC[C@H](O)C1. The number of hydrogen-bond acceptors (Lipinski definition) is 2. The van der Waals surface area contributed by atoms with Gasteiger partial charge in [0.2, 0.25) is 0 Å². The van der Waals surface area contributed by atoms with E-state index in [4.69, 9.17) is 0 Å². The number of nitrogens with zero attached hydrogens (tertiary/aromatic N) is 1. The molecule has 23 heavy (non-hydrogen) atoms. The highest BCUT2D eigenvalue weighted by Crippen LogP contribution is 2.32. The van der Waals surface area contributed by atoms with E-state index in [1.54, 1.807) is 13.0 Å². The van der Waals surface area contributed by atoms with Crippen molar-refractivity contribution in [2.45, 2.75) is 44.5 Å². The summed E-state index contributed by atoms with van der Waals surface area (Å²) in [5.41, 5.74) is -0.513. The van der Waals surface area contributed by atoms with Gasteiger partial charge in [-0.25, -0.2) is 4.79 Å². The highest BCUT2D eigenvalue weighted by atomic mass is 19.4. The van der Waals surface area contributed by atoms with Crippen LogP contribution in [-0.2, 0) is 12.6 Å². The first kappa shape index (κ1) is 17.6. The lowest BCUT2D eigenvalue weighted by Gasteiger charge is -2.31. The van der Waals surface area contributed by atoms with E-state index in [-0.39, 0.29) is 24.6 Å². The van der Waals surface area contributed by atoms with E-state index in [1.165, 1.54) is 17.0 Å². The van der Waals surface area contributed by atoms with E-state index < -0.39 is 23.9 Å². The second-order valence-electron chi connectivity index (χ2n) is 5.95. The monoisotopic (exact) mass is 330 g/mol. The maximum Gasteiger partial charge on any atom is 0.416 e. The van der Waals surface area contributed by atoms with Crippen LogP contribution in [0.1, 0.15) is 30.9 Å². The molecule has 128 valence electrons. The molecule has 0 radical (unpaired) electrons. The van der Waals surface area contributed by atoms with Crippen LogP contribution >= 0.6 is 0 Å². The van der Waals surface area contributed by atoms with E-state index in [0.29, 0.717) is 13.0 Å². The number of carbonyl (C=O) groups excluding carboxylic acids is 1. The Morgan fingerprint density at radius 2 is 2.13 bits per heavy atom. The van der Waals surface area contributed by atoms with Gasteiger partial charge in [-0.15, -0.1) is 0 Å². The van der Waals surface area contributed by atoms with E-state index in [9.17, 15) is 23.1 Å². The summed E-state index contributed by atoms with van der Waals surface area (Å²) < 4.78 is 38.9. The number of β-amino-alcohol motifs (C(OH)–C–C–N with tert-alkyl or cyclic N) is 1. The zero-order valence-corrected chi connectivity index (χ0v) is 12.9. The number of aliphatic hydroxyl groups excluding tert-OH is 1. The zero-order chi connectivity index (χ0) is 17.0. The number of hydrogen-bond donors (Lipinski definition) is 2. The summed E-state index contributed by atoms with van der Waals surface area (Å²) in [6.45, 7) is 2.48. The number of likely N-dealkylation sites (tertiary alicyclic amines) is 1. The first-order valence-corrected chi connectivity index (χ1v) is 7.66. The topological polar surface area (TPSA) is 52.6 Å². The molecule has 1 saturated heterocycles. The molecule has 4 nitrogen and oxygen atoms in total. The minimum Gasteiger partial charge on any atom is -0.391 e. The van der Waals surface area contributed by atoms with Gasteiger partial charge in [-0.2, -0.15) is 13.2 Å². The third-order valence-electron chi connectivity index (χ3n) is 3.90. The number of carbonyl (C=O) groups is 1. The molecule has 1 aromatic carbocycles. The summed E-state index contributed by atoms with van der Waals surface area (Å²) in [7, 11) is 0. The Morgan fingerprint density at radius 1 is 1.43 bits per heavy atom. The van der Waals surface area contributed by atoms with Crippen LogP contribution in [0.3, 0.4) is 0 Å². The van der Waals surface area contributed by atoms with Gasteiger partial charge >= 0.3 is 12.2 Å². The molecule has 0 saturated carbocycles. The van der Waals surface area contributed by atoms with E-state index in [2.05, 4.69) is 5.32 Å². The fraction of sp³-hybridized carbons (Fsp3) is 0.562. The Labute approximate surface area is 133 Å². The molecular weight excluding hydrogens is 309 g/mol. The maximum absolute atomic E-state index is 13.0. The lowest BCUT2D eigenvalue weighted by molar-refractivity contribution is -0.138. The van der Waals surface area contributed by atoms with Crippen LogP contribution < -0.4 is 5.32 Å². The summed E-state index contributed by atoms with van der Waals surface area (Å²) >= 11 is 0. The quantitative estimate of drug-likeness (QED) is 0.895. The summed E-state index contributed by atoms with van der Waals surface area (Å²) in [4.78, 5) is 13.6. The molecule has 0 aromatic heterocycles. The number of nitrogens with one attached hydrogen (secondary N) is 1. The molecule has 1 heterocycles. The fourth-order valence-corrected chi connectivity index (χ4v) is 2.80. The molecule has 0 aliphatic carbocycles. The van der Waals surface area contributed by atoms with Crippen LogP contribution in [0.25, 0.3) is 0 Å². The average molecular weight is 330 g/mol. The number of urea groups is 1. The Bertz CT molecular complexity index is 548. The van der Waals surface area contributed by atoms with Crippen LogP contribution in [0.2, 0.25) is 0 Å². The number of alkyl halides is 3. The van der Waals surface area contributed by atoms with E-state index in [1.807, 2.05) is 0 Å². The Morgan fingerprint density at radius 3 is 2.78 bits per heavy atom. The normalized spacial score (nSPS) is 20.2. The van der Waals surface area contributed by atoms with Gasteiger partial charge in [0.1, 0.15) is 0 Å². The Balaban J connectivity index is 1.97. The molecule has 1 aliphatic heterocycles. The second-order valence-corrected chi connectivity index (χ2v) is 5.95. The molecule has 0 spiro atoms. The van der Waals surface area contributed by atoms with Gasteiger partial charge in [0.15, 0.2) is 0 Å². The lowest BCUT2D eigenvalue weighted by Crippen LogP contribution is -2.49. The fourth-order valence-electron chi connectivity index (χ4n) is 2.80. The first-order valence-electron chi connectivity index (χ1n) is 7.66. The van der Waals surface area contributed by atoms with E-state index >= 15 is 0 Å². The summed E-state index contributed by atoms with van der Waals surface area (Å²) in [6, 6.07) is 4.59. The number of benzene rings is 1. The lowest BCUT2D eigenvalue weighted by atomic mass is 10.0. The standard InChI is InChI=1S/C16H21F3N2O2/c1-11(20-15(23)21-8-4-6-13(22)10-21)9-12-5-2-3-7-14(12)16(17,18)19/h2-3,5,7,11,13,22H,4,6,8-10H2,1H3,(H,20,23)/t11-,13-/m0/s1. The maximum atomic E-state index is 13.0. The van der Waals surface area contributed by atoms with Gasteiger partial charge in [0.25, 0.3) is 0 Å². The van der Waals surface area contributed by atoms with Crippen molar-refractivity contribution in [3.63, 3.8) is 0 Å². The van der Waals surface area contributed by atoms with Crippen molar-refractivity contribution in [1.82, 2.24) is 10.2 Å². The smallest absolute Gasteiger partial charge is 0.391 e. The van der Waals surface area contributed by atoms with Crippen molar-refractivity contribution < 1.29 is 23.1 Å². The van der Waals surface area contributed by atoms with Gasteiger partial charge in [0, 0.05) is 19.1 Å². The van der Waals surface area contributed by atoms with Crippen LogP contribution in [0.4, 0.5) is 18.0 Å². The number of rotatable bonds is 3. The first-order chi connectivity index (χ1) is 10.8. The third kappa shape index (κ3) is 4.86. The van der Waals surface area contributed by atoms with Crippen LogP contribution in [0, 0.1) is 0 Å². The predicted octanol–water partition coefficient (Wildman–Crippen LogP) is 2.80. The molecule has 2 rings (SSSR count). The van der Waals surface area contributed by atoms with Gasteiger partial charge in [0.05, 0.1) is 11.7 Å². The number of aliphatic hydroxyl groups is 1. The van der Waals surface area contributed by atoms with Gasteiger partial charge in [-0.1, -0.05) is 18.2 Å². The molecule has 1 aromatic rings. The third-order valence-corrected chi connectivity index (χ3v) is 3.90. The van der Waals surface area contributed by atoms with Crippen molar-refractivity contribution in [2.24, 2.45) is 0 Å².